The van der Waals surface area contributed by atoms with E-state index < -0.39 is 11.7 Å². The average Bonchev–Trinajstić information content (AvgIpc) is 2.75. The number of methoxy groups -OCH3 is 1. The number of ketones is 1. The van der Waals surface area contributed by atoms with Gasteiger partial charge in [0.05, 0.1) is 42.2 Å². The van der Waals surface area contributed by atoms with Gasteiger partial charge in [0, 0.05) is 12.3 Å². The zero-order valence-corrected chi connectivity index (χ0v) is 19.9. The first-order valence-electron chi connectivity index (χ1n) is 11.5. The van der Waals surface area contributed by atoms with Crippen molar-refractivity contribution in [3.8, 4) is 11.5 Å². The smallest absolute Gasteiger partial charge is 0.173 e. The highest BCUT2D eigenvalue weighted by atomic mass is 16.5. The largest absolute Gasteiger partial charge is 0.496 e. The normalized spacial score (nSPS) is 29.3. The molecule has 1 aliphatic carbocycles. The predicted molar refractivity (Wildman–Crippen MR) is 123 cm³/mol. The van der Waals surface area contributed by atoms with Crippen molar-refractivity contribution in [2.45, 2.75) is 70.1 Å². The highest BCUT2D eigenvalue weighted by Crippen LogP contribution is 2.44. The SMILES string of the molecule is COc1cc(C2=COC3CC4OC(C)(C)C=CC4CC3C2=O)ccc1OC[C@@H](O)C(C)(C)O. The van der Waals surface area contributed by atoms with Crippen LogP contribution in [0.5, 0.6) is 11.5 Å². The summed E-state index contributed by atoms with van der Waals surface area (Å²) in [6.07, 6.45) is 6.03. The number of rotatable bonds is 6. The third kappa shape index (κ3) is 4.95. The van der Waals surface area contributed by atoms with E-state index in [1.54, 1.807) is 24.5 Å². The van der Waals surface area contributed by atoms with Crippen LogP contribution >= 0.6 is 0 Å². The number of aliphatic hydroxyl groups is 2. The third-order valence-corrected chi connectivity index (χ3v) is 6.77. The molecule has 2 N–H and O–H groups in total. The fraction of sp³-hybridized carbons (Fsp3) is 0.577. The predicted octanol–water partition coefficient (Wildman–Crippen LogP) is 3.27. The minimum absolute atomic E-state index is 0.0600. The second-order valence-electron chi connectivity index (χ2n) is 10.3. The zero-order chi connectivity index (χ0) is 24.0. The fourth-order valence-corrected chi connectivity index (χ4v) is 4.66. The van der Waals surface area contributed by atoms with Gasteiger partial charge in [0.15, 0.2) is 17.3 Å². The molecule has 0 amide bonds. The Morgan fingerprint density at radius 1 is 1.21 bits per heavy atom. The van der Waals surface area contributed by atoms with E-state index in [0.717, 1.165) is 0 Å². The summed E-state index contributed by atoms with van der Waals surface area (Å²) < 4.78 is 23.4. The first-order chi connectivity index (χ1) is 15.5. The molecule has 33 heavy (non-hydrogen) atoms. The minimum Gasteiger partial charge on any atom is -0.496 e. The van der Waals surface area contributed by atoms with E-state index in [-0.39, 0.29) is 42.0 Å². The Kier molecular flexibility index (Phi) is 6.33. The number of allylic oxidation sites excluding steroid dienone is 1. The molecule has 0 saturated heterocycles. The Labute approximate surface area is 195 Å². The Morgan fingerprint density at radius 3 is 2.67 bits per heavy atom. The monoisotopic (exact) mass is 458 g/mol. The first-order valence-corrected chi connectivity index (χ1v) is 11.5. The van der Waals surface area contributed by atoms with Crippen molar-refractivity contribution in [1.29, 1.82) is 0 Å². The van der Waals surface area contributed by atoms with Crippen LogP contribution in [0.15, 0.2) is 36.6 Å². The maximum Gasteiger partial charge on any atom is 0.173 e. The van der Waals surface area contributed by atoms with Crippen LogP contribution < -0.4 is 9.47 Å². The molecule has 4 unspecified atom stereocenters. The summed E-state index contributed by atoms with van der Waals surface area (Å²) >= 11 is 0. The molecule has 1 saturated carbocycles. The molecule has 1 aromatic carbocycles. The molecular weight excluding hydrogens is 424 g/mol. The molecule has 180 valence electrons. The molecule has 1 fully saturated rings. The highest BCUT2D eigenvalue weighted by molar-refractivity contribution is 6.22. The van der Waals surface area contributed by atoms with Gasteiger partial charge in [0.2, 0.25) is 0 Å². The van der Waals surface area contributed by atoms with Crippen molar-refractivity contribution in [3.63, 3.8) is 0 Å². The van der Waals surface area contributed by atoms with Crippen molar-refractivity contribution >= 4 is 11.4 Å². The Morgan fingerprint density at radius 2 is 1.97 bits per heavy atom. The van der Waals surface area contributed by atoms with Crippen molar-refractivity contribution in [2.24, 2.45) is 11.8 Å². The molecule has 0 spiro atoms. The molecule has 0 bridgehead atoms. The molecule has 7 nitrogen and oxygen atoms in total. The highest BCUT2D eigenvalue weighted by Gasteiger charge is 2.46. The topological polar surface area (TPSA) is 94.5 Å². The van der Waals surface area contributed by atoms with E-state index in [2.05, 4.69) is 12.2 Å². The Bertz CT molecular complexity index is 956. The summed E-state index contributed by atoms with van der Waals surface area (Å²) in [5.74, 6) is 0.903. The van der Waals surface area contributed by atoms with Crippen LogP contribution in [0.3, 0.4) is 0 Å². The van der Waals surface area contributed by atoms with Gasteiger partial charge in [-0.15, -0.1) is 0 Å². The fourth-order valence-electron chi connectivity index (χ4n) is 4.66. The van der Waals surface area contributed by atoms with Crippen LogP contribution in [0.25, 0.3) is 5.57 Å². The third-order valence-electron chi connectivity index (χ3n) is 6.77. The van der Waals surface area contributed by atoms with Crippen LogP contribution in [-0.4, -0.2) is 59.2 Å². The molecule has 1 aromatic rings. The second kappa shape index (κ2) is 8.78. The lowest BCUT2D eigenvalue weighted by Gasteiger charge is -2.45. The van der Waals surface area contributed by atoms with Crippen LogP contribution in [0, 0.1) is 11.8 Å². The van der Waals surface area contributed by atoms with Crippen molar-refractivity contribution in [2.75, 3.05) is 13.7 Å². The van der Waals surface area contributed by atoms with Gasteiger partial charge in [-0.25, -0.2) is 0 Å². The van der Waals surface area contributed by atoms with Crippen molar-refractivity contribution < 1.29 is 34.0 Å². The minimum atomic E-state index is -1.28. The summed E-state index contributed by atoms with van der Waals surface area (Å²) in [6, 6.07) is 5.21. The standard InChI is InChI=1S/C26H34O7/c1-25(2)9-8-16-10-17-21(12-20(16)33-25)31-13-18(24(17)28)15-6-7-19(22(11-15)30-5)32-14-23(27)26(3,4)29/h6-9,11,13,16-17,20-21,23,27,29H,10,12,14H2,1-5H3/t16?,17?,20?,21?,23-/m1/s1. The molecular formula is C26H34O7. The molecule has 3 aliphatic rings. The molecule has 7 heteroatoms. The van der Waals surface area contributed by atoms with Gasteiger partial charge in [-0.1, -0.05) is 18.2 Å². The van der Waals surface area contributed by atoms with Gasteiger partial charge in [0.25, 0.3) is 0 Å². The number of hydrogen-bond donors (Lipinski definition) is 2. The van der Waals surface area contributed by atoms with E-state index in [0.29, 0.717) is 35.5 Å². The molecule has 2 aliphatic heterocycles. The number of carbonyl (C=O) groups excluding carboxylic acids is 1. The van der Waals surface area contributed by atoms with Crippen LogP contribution in [0.1, 0.15) is 46.1 Å². The van der Waals surface area contributed by atoms with E-state index >= 15 is 0 Å². The van der Waals surface area contributed by atoms with Gasteiger partial charge < -0.3 is 29.2 Å². The van der Waals surface area contributed by atoms with E-state index in [4.69, 9.17) is 18.9 Å². The Balaban J connectivity index is 1.50. The number of Topliss-reactive ketones (excluding diaryl/α,β-unsaturated/α-hetero) is 1. The van der Waals surface area contributed by atoms with E-state index in [1.165, 1.54) is 21.0 Å². The lowest BCUT2D eigenvalue weighted by atomic mass is 9.71. The van der Waals surface area contributed by atoms with Gasteiger partial charge >= 0.3 is 0 Å². The number of ether oxygens (including phenoxy) is 4. The Hall–Kier alpha value is -2.35. The van der Waals surface area contributed by atoms with Gasteiger partial charge in [-0.3, -0.25) is 4.79 Å². The van der Waals surface area contributed by atoms with Crippen LogP contribution in [0.2, 0.25) is 0 Å². The summed E-state index contributed by atoms with van der Waals surface area (Å²) in [5, 5.41) is 19.9. The molecule has 4 rings (SSSR count). The molecule has 0 radical (unpaired) electrons. The van der Waals surface area contributed by atoms with Gasteiger partial charge in [-0.2, -0.15) is 0 Å². The maximum absolute atomic E-state index is 13.4. The quantitative estimate of drug-likeness (QED) is 0.632. The molecule has 2 heterocycles. The van der Waals surface area contributed by atoms with E-state index in [1.807, 2.05) is 13.8 Å². The number of hydrogen-bond acceptors (Lipinski definition) is 7. The maximum atomic E-state index is 13.4. The van der Waals surface area contributed by atoms with Gasteiger partial charge in [0.1, 0.15) is 18.8 Å². The van der Waals surface area contributed by atoms with Crippen molar-refractivity contribution in [3.05, 3.63) is 42.2 Å². The number of fused-ring (bicyclic) bond motifs is 2. The van der Waals surface area contributed by atoms with Crippen molar-refractivity contribution in [1.82, 2.24) is 0 Å². The lowest BCUT2D eigenvalue weighted by molar-refractivity contribution is -0.141. The second-order valence-corrected chi connectivity index (χ2v) is 10.3. The molecule has 5 atom stereocenters. The lowest BCUT2D eigenvalue weighted by Crippen LogP contribution is -2.49. The number of aliphatic hydroxyl groups excluding tert-OH is 1. The van der Waals surface area contributed by atoms with Crippen LogP contribution in [0.4, 0.5) is 0 Å². The summed E-state index contributed by atoms with van der Waals surface area (Å²) in [7, 11) is 1.51. The van der Waals surface area contributed by atoms with E-state index in [9.17, 15) is 15.0 Å². The summed E-state index contributed by atoms with van der Waals surface area (Å²) in [5.41, 5.74) is -0.383. The first kappa shape index (κ1) is 23.8. The average molecular weight is 459 g/mol. The summed E-state index contributed by atoms with van der Waals surface area (Å²) in [6.45, 7) is 7.02. The number of benzene rings is 1. The molecule has 0 aromatic heterocycles. The number of carbonyl (C=O) groups is 1. The van der Waals surface area contributed by atoms with Gasteiger partial charge in [-0.05, 0) is 51.8 Å². The van der Waals surface area contributed by atoms with Crippen LogP contribution in [-0.2, 0) is 14.3 Å². The summed E-state index contributed by atoms with van der Waals surface area (Å²) in [4.78, 5) is 13.4. The zero-order valence-electron chi connectivity index (χ0n) is 19.9.